The van der Waals surface area contributed by atoms with Gasteiger partial charge in [-0.25, -0.2) is 0 Å². The number of nitrogens with zero attached hydrogens (tertiary/aromatic N) is 3. The molecule has 1 heterocycles. The second kappa shape index (κ2) is 2.35. The number of hydrogen-bond donors (Lipinski definition) is 0. The van der Waals surface area contributed by atoms with E-state index in [1.165, 1.54) is 4.68 Å². The number of hydrogen-bond acceptors (Lipinski definition) is 2. The Morgan fingerprint density at radius 3 is 2.78 bits per heavy atom. The molecule has 45 valence electrons. The molecule has 1 radical (unpaired) electrons. The molecule has 0 aromatic carbocycles. The zero-order valence-corrected chi connectivity index (χ0v) is 6.88. The summed E-state index contributed by atoms with van der Waals surface area (Å²) in [4.78, 5) is 0. The molecule has 0 aliphatic heterocycles. The summed E-state index contributed by atoms with van der Waals surface area (Å²) in [7, 11) is 1.72. The Morgan fingerprint density at radius 1 is 1.89 bits per heavy atom. The van der Waals surface area contributed by atoms with Gasteiger partial charge >= 0.3 is 0 Å². The first-order valence-corrected chi connectivity index (χ1v) is 3.34. The molecule has 3 nitrogen and oxygen atoms in total. The predicted octanol–water partition coefficient (Wildman–Crippen LogP) is 0.697. The van der Waals surface area contributed by atoms with Crippen molar-refractivity contribution in [3.05, 3.63) is 15.5 Å². The third-order valence-corrected chi connectivity index (χ3v) is 1.69. The van der Waals surface area contributed by atoms with E-state index in [4.69, 9.17) is 5.26 Å². The van der Waals surface area contributed by atoms with Crippen molar-refractivity contribution in [2.45, 2.75) is 0 Å². The minimum Gasteiger partial charge on any atom is -0.256 e. The first-order chi connectivity index (χ1) is 4.25. The average Bonchev–Trinajstić information content (AvgIpc) is 2.12. The van der Waals surface area contributed by atoms with Gasteiger partial charge in [0.25, 0.3) is 0 Å². The van der Waals surface area contributed by atoms with Gasteiger partial charge in [0.05, 0.1) is 3.57 Å². The zero-order chi connectivity index (χ0) is 6.85. The predicted molar refractivity (Wildman–Crippen MR) is 39.5 cm³/mol. The minimum atomic E-state index is 0.565. The Balaban J connectivity index is 3.27. The zero-order valence-electron chi connectivity index (χ0n) is 4.72. The highest BCUT2D eigenvalue weighted by Gasteiger charge is 2.02. The molecule has 0 unspecified atom stereocenters. The van der Waals surface area contributed by atoms with E-state index in [1.807, 2.05) is 28.7 Å². The fourth-order valence-corrected chi connectivity index (χ4v) is 1.06. The van der Waals surface area contributed by atoms with Crippen LogP contribution in [0.3, 0.4) is 0 Å². The molecule has 9 heavy (non-hydrogen) atoms. The summed E-state index contributed by atoms with van der Waals surface area (Å²) in [5, 5.41) is 12.2. The molecule has 0 spiro atoms. The SMILES string of the molecule is Cn1n[c]c(I)c1C#N. The van der Waals surface area contributed by atoms with Crippen molar-refractivity contribution in [1.29, 1.82) is 5.26 Å². The van der Waals surface area contributed by atoms with Gasteiger partial charge in [0.1, 0.15) is 12.3 Å². The van der Waals surface area contributed by atoms with Gasteiger partial charge in [-0.15, -0.1) is 0 Å². The molecule has 0 aliphatic carbocycles. The Kier molecular flexibility index (Phi) is 1.71. The van der Waals surface area contributed by atoms with Gasteiger partial charge in [0.2, 0.25) is 0 Å². The van der Waals surface area contributed by atoms with E-state index in [2.05, 4.69) is 11.3 Å². The summed E-state index contributed by atoms with van der Waals surface area (Å²) < 4.78 is 2.28. The minimum absolute atomic E-state index is 0.565. The summed E-state index contributed by atoms with van der Waals surface area (Å²) in [6.07, 6.45) is 2.66. The number of aryl methyl sites for hydroxylation is 1. The summed E-state index contributed by atoms with van der Waals surface area (Å²) in [6.45, 7) is 0. The quantitative estimate of drug-likeness (QED) is 0.617. The molecular formula is C5H3IN3. The van der Waals surface area contributed by atoms with E-state index in [0.29, 0.717) is 5.69 Å². The van der Waals surface area contributed by atoms with Crippen LogP contribution in [0.25, 0.3) is 0 Å². The first kappa shape index (κ1) is 6.55. The normalized spacial score (nSPS) is 9.00. The van der Waals surface area contributed by atoms with E-state index >= 15 is 0 Å². The van der Waals surface area contributed by atoms with Crippen molar-refractivity contribution in [1.82, 2.24) is 9.78 Å². The van der Waals surface area contributed by atoms with Crippen molar-refractivity contribution in [3.8, 4) is 6.07 Å². The highest BCUT2D eigenvalue weighted by molar-refractivity contribution is 14.1. The standard InChI is InChI=1S/C5H3IN3/c1-9-5(2-7)4(6)3-8-9/h1H3. The van der Waals surface area contributed by atoms with Gasteiger partial charge in [-0.1, -0.05) is 0 Å². The maximum atomic E-state index is 8.45. The molecule has 0 atom stereocenters. The van der Waals surface area contributed by atoms with Crippen LogP contribution < -0.4 is 0 Å². The van der Waals surface area contributed by atoms with E-state index in [1.54, 1.807) is 7.05 Å². The number of rotatable bonds is 0. The van der Waals surface area contributed by atoms with Crippen molar-refractivity contribution in [2.24, 2.45) is 7.05 Å². The maximum Gasteiger partial charge on any atom is 0.152 e. The van der Waals surface area contributed by atoms with Gasteiger partial charge in [-0.05, 0) is 22.6 Å². The molecule has 1 aromatic rings. The molecule has 0 fully saturated rings. The second-order valence-electron chi connectivity index (χ2n) is 1.51. The van der Waals surface area contributed by atoms with Gasteiger partial charge < -0.3 is 0 Å². The van der Waals surface area contributed by atoms with Crippen LogP contribution in [0.15, 0.2) is 0 Å². The number of aromatic nitrogens is 2. The van der Waals surface area contributed by atoms with Crippen LogP contribution in [0.4, 0.5) is 0 Å². The summed E-state index contributed by atoms with van der Waals surface area (Å²) in [6, 6.07) is 2.01. The average molecular weight is 232 g/mol. The van der Waals surface area contributed by atoms with E-state index in [0.717, 1.165) is 3.57 Å². The molecule has 0 bridgehead atoms. The van der Waals surface area contributed by atoms with Gasteiger partial charge in [-0.3, -0.25) is 4.68 Å². The Bertz CT molecular complexity index is 238. The fraction of sp³-hybridized carbons (Fsp3) is 0.200. The van der Waals surface area contributed by atoms with Gasteiger partial charge in [-0.2, -0.15) is 10.4 Å². The lowest BCUT2D eigenvalue weighted by atomic mass is 10.5. The smallest absolute Gasteiger partial charge is 0.152 e. The van der Waals surface area contributed by atoms with Gasteiger partial charge in [0, 0.05) is 7.05 Å². The van der Waals surface area contributed by atoms with E-state index in [-0.39, 0.29) is 0 Å². The third kappa shape index (κ3) is 1.05. The molecule has 0 aliphatic rings. The van der Waals surface area contributed by atoms with Crippen LogP contribution in [-0.2, 0) is 7.05 Å². The Morgan fingerprint density at radius 2 is 2.56 bits per heavy atom. The summed E-state index contributed by atoms with van der Waals surface area (Å²) in [5.41, 5.74) is 0.565. The van der Waals surface area contributed by atoms with Crippen LogP contribution in [0.5, 0.6) is 0 Å². The highest BCUT2D eigenvalue weighted by atomic mass is 127. The second-order valence-corrected chi connectivity index (χ2v) is 2.59. The maximum absolute atomic E-state index is 8.45. The molecule has 4 heteroatoms. The van der Waals surface area contributed by atoms with E-state index < -0.39 is 0 Å². The monoisotopic (exact) mass is 232 g/mol. The van der Waals surface area contributed by atoms with Crippen LogP contribution in [0.1, 0.15) is 5.69 Å². The van der Waals surface area contributed by atoms with Gasteiger partial charge in [0.15, 0.2) is 5.69 Å². The number of halogens is 1. The third-order valence-electron chi connectivity index (χ3n) is 0.936. The Labute approximate surface area is 66.4 Å². The molecule has 0 N–H and O–H groups in total. The molecular weight excluding hydrogens is 229 g/mol. The first-order valence-electron chi connectivity index (χ1n) is 2.26. The number of nitriles is 1. The fourth-order valence-electron chi connectivity index (χ4n) is 0.485. The molecule has 0 amide bonds. The van der Waals surface area contributed by atoms with Crippen molar-refractivity contribution in [2.75, 3.05) is 0 Å². The summed E-state index contributed by atoms with van der Waals surface area (Å²) >= 11 is 2.02. The van der Waals surface area contributed by atoms with Crippen LogP contribution >= 0.6 is 22.6 Å². The van der Waals surface area contributed by atoms with Crippen molar-refractivity contribution < 1.29 is 0 Å². The van der Waals surface area contributed by atoms with Crippen molar-refractivity contribution in [3.63, 3.8) is 0 Å². The van der Waals surface area contributed by atoms with Crippen LogP contribution in [0.2, 0.25) is 0 Å². The molecule has 0 saturated heterocycles. The molecule has 1 aromatic heterocycles. The largest absolute Gasteiger partial charge is 0.256 e. The van der Waals surface area contributed by atoms with Crippen LogP contribution in [-0.4, -0.2) is 9.78 Å². The lowest BCUT2D eigenvalue weighted by Gasteiger charge is -1.86. The Hall–Kier alpha value is -0.570. The lowest BCUT2D eigenvalue weighted by Crippen LogP contribution is -1.93. The topological polar surface area (TPSA) is 41.6 Å². The van der Waals surface area contributed by atoms with E-state index in [9.17, 15) is 0 Å². The summed E-state index contributed by atoms with van der Waals surface area (Å²) in [5.74, 6) is 0. The van der Waals surface area contributed by atoms with Crippen molar-refractivity contribution >= 4 is 22.6 Å². The lowest BCUT2D eigenvalue weighted by molar-refractivity contribution is 0.753. The highest BCUT2D eigenvalue weighted by Crippen LogP contribution is 2.06. The molecule has 1 rings (SSSR count). The molecule has 0 saturated carbocycles. The van der Waals surface area contributed by atoms with Crippen LogP contribution in [0, 0.1) is 21.1 Å².